The second-order valence-corrected chi connectivity index (χ2v) is 11.1. The summed E-state index contributed by atoms with van der Waals surface area (Å²) in [6.45, 7) is 7.69. The van der Waals surface area contributed by atoms with E-state index < -0.39 is 12.9 Å². The van der Waals surface area contributed by atoms with Crippen LogP contribution in [0.25, 0.3) is 11.0 Å². The number of nitrogens with one attached hydrogen (secondary N) is 1. The molecule has 1 aromatic heterocycles. The zero-order valence-electron chi connectivity index (χ0n) is 20.1. The molecular formula is C27H34BNO5. The SMILES string of the molecule is CC1(C)CCC[C@@]2(C)c3c(oc4c(B(O)O)c(O)c(O)cc34)C(CNc3ccccc3)CC[C@H]12. The van der Waals surface area contributed by atoms with Crippen LogP contribution in [-0.2, 0) is 5.41 Å². The maximum atomic E-state index is 10.5. The Morgan fingerprint density at radius 1 is 1.06 bits per heavy atom. The number of phenolic OH excluding ortho intramolecular Hbond substituents is 2. The van der Waals surface area contributed by atoms with Gasteiger partial charge in [0.25, 0.3) is 0 Å². The Balaban J connectivity index is 1.72. The number of hydrogen-bond acceptors (Lipinski definition) is 6. The minimum atomic E-state index is -1.96. The van der Waals surface area contributed by atoms with Gasteiger partial charge >= 0.3 is 7.12 Å². The van der Waals surface area contributed by atoms with E-state index >= 15 is 0 Å². The lowest BCUT2D eigenvalue weighted by Crippen LogP contribution is -2.44. The average molecular weight is 463 g/mol. The highest BCUT2D eigenvalue weighted by Gasteiger charge is 2.52. The zero-order valence-corrected chi connectivity index (χ0v) is 20.1. The summed E-state index contributed by atoms with van der Waals surface area (Å²) < 4.78 is 6.45. The van der Waals surface area contributed by atoms with Crippen LogP contribution in [-0.4, -0.2) is 33.9 Å². The Labute approximate surface area is 200 Å². The third-order valence-corrected chi connectivity index (χ3v) is 8.56. The lowest BCUT2D eigenvalue weighted by molar-refractivity contribution is 0.0503. The van der Waals surface area contributed by atoms with Crippen molar-refractivity contribution < 1.29 is 24.7 Å². The highest BCUT2D eigenvalue weighted by atomic mass is 16.4. The first-order valence-corrected chi connectivity index (χ1v) is 12.3. The Kier molecular flexibility index (Phi) is 5.61. The van der Waals surface area contributed by atoms with Crippen LogP contribution >= 0.6 is 0 Å². The van der Waals surface area contributed by atoms with Crippen molar-refractivity contribution in [1.82, 2.24) is 0 Å². The van der Waals surface area contributed by atoms with Crippen molar-refractivity contribution in [2.45, 2.75) is 64.2 Å². The maximum Gasteiger partial charge on any atom is 0.496 e. The van der Waals surface area contributed by atoms with Gasteiger partial charge in [0.05, 0.1) is 5.46 Å². The van der Waals surface area contributed by atoms with Crippen LogP contribution in [0.2, 0.25) is 0 Å². The van der Waals surface area contributed by atoms with Crippen molar-refractivity contribution in [2.75, 3.05) is 11.9 Å². The molecule has 0 spiro atoms. The summed E-state index contributed by atoms with van der Waals surface area (Å²) >= 11 is 0. The van der Waals surface area contributed by atoms with Crippen LogP contribution < -0.4 is 10.8 Å². The van der Waals surface area contributed by atoms with Gasteiger partial charge in [0, 0.05) is 29.1 Å². The van der Waals surface area contributed by atoms with E-state index in [-0.39, 0.29) is 33.5 Å². The first-order valence-electron chi connectivity index (χ1n) is 12.3. The van der Waals surface area contributed by atoms with Gasteiger partial charge in [-0.1, -0.05) is 45.4 Å². The molecule has 180 valence electrons. The van der Waals surface area contributed by atoms with E-state index in [0.29, 0.717) is 17.8 Å². The zero-order chi connectivity index (χ0) is 24.3. The van der Waals surface area contributed by atoms with Crippen molar-refractivity contribution >= 4 is 29.2 Å². The maximum absolute atomic E-state index is 10.5. The number of benzene rings is 2. The fourth-order valence-corrected chi connectivity index (χ4v) is 6.99. The highest BCUT2D eigenvalue weighted by molar-refractivity contribution is 6.63. The number of hydrogen-bond donors (Lipinski definition) is 5. The molecule has 2 aromatic carbocycles. The van der Waals surface area contributed by atoms with Gasteiger partial charge in [-0.15, -0.1) is 0 Å². The molecule has 1 saturated carbocycles. The molecule has 3 aromatic rings. The molecule has 0 radical (unpaired) electrons. The minimum Gasteiger partial charge on any atom is -0.504 e. The van der Waals surface area contributed by atoms with Crippen LogP contribution in [0.4, 0.5) is 5.69 Å². The smallest absolute Gasteiger partial charge is 0.496 e. The van der Waals surface area contributed by atoms with Crippen molar-refractivity contribution in [2.24, 2.45) is 11.3 Å². The summed E-state index contributed by atoms with van der Waals surface area (Å²) in [6.07, 6.45) is 5.26. The largest absolute Gasteiger partial charge is 0.504 e. The van der Waals surface area contributed by atoms with Gasteiger partial charge in [-0.05, 0) is 60.6 Å². The summed E-state index contributed by atoms with van der Waals surface area (Å²) in [6, 6.07) is 11.6. The molecule has 5 N–H and O–H groups in total. The fraction of sp³-hybridized carbons (Fsp3) is 0.481. The van der Waals surface area contributed by atoms with Crippen LogP contribution in [0.3, 0.4) is 0 Å². The van der Waals surface area contributed by atoms with Crippen LogP contribution in [0.5, 0.6) is 11.5 Å². The second kappa shape index (κ2) is 8.24. The molecule has 7 heteroatoms. The topological polar surface area (TPSA) is 106 Å². The molecule has 1 fully saturated rings. The predicted octanol–water partition coefficient (Wildman–Crippen LogP) is 4.60. The van der Waals surface area contributed by atoms with Crippen molar-refractivity contribution in [3.05, 3.63) is 47.7 Å². The number of furan rings is 1. The second-order valence-electron chi connectivity index (χ2n) is 11.1. The van der Waals surface area contributed by atoms with Gasteiger partial charge in [-0.2, -0.15) is 0 Å². The van der Waals surface area contributed by atoms with Gasteiger partial charge in [0.15, 0.2) is 11.5 Å². The van der Waals surface area contributed by atoms with E-state index in [1.54, 1.807) is 0 Å². The van der Waals surface area contributed by atoms with Gasteiger partial charge in [-0.25, -0.2) is 0 Å². The molecule has 0 aliphatic heterocycles. The summed E-state index contributed by atoms with van der Waals surface area (Å²) in [5.41, 5.74) is 2.13. The quantitative estimate of drug-likeness (QED) is 0.286. The Hall–Kier alpha value is -2.64. The van der Waals surface area contributed by atoms with Crippen molar-refractivity contribution in [1.29, 1.82) is 0 Å². The first-order chi connectivity index (χ1) is 16.1. The normalized spacial score (nSPS) is 25.9. The molecule has 2 aliphatic rings. The monoisotopic (exact) mass is 463 g/mol. The number of fused-ring (bicyclic) bond motifs is 5. The molecule has 0 bridgehead atoms. The van der Waals surface area contributed by atoms with Crippen LogP contribution in [0, 0.1) is 11.3 Å². The van der Waals surface area contributed by atoms with E-state index in [1.807, 2.05) is 30.3 Å². The minimum absolute atomic E-state index is 0.0637. The van der Waals surface area contributed by atoms with E-state index in [9.17, 15) is 20.3 Å². The highest BCUT2D eigenvalue weighted by Crippen LogP contribution is 2.59. The van der Waals surface area contributed by atoms with Gasteiger partial charge in [-0.3, -0.25) is 0 Å². The molecule has 0 amide bonds. The van der Waals surface area contributed by atoms with E-state index in [1.165, 1.54) is 6.07 Å². The fourth-order valence-electron chi connectivity index (χ4n) is 6.99. The number of aromatic hydroxyl groups is 2. The molecule has 2 aliphatic carbocycles. The van der Waals surface area contributed by atoms with Crippen LogP contribution in [0.1, 0.15) is 70.1 Å². The molecular weight excluding hydrogens is 429 g/mol. The third kappa shape index (κ3) is 3.57. The van der Waals surface area contributed by atoms with Crippen molar-refractivity contribution in [3.8, 4) is 11.5 Å². The molecule has 6 nitrogen and oxygen atoms in total. The van der Waals surface area contributed by atoms with E-state index in [4.69, 9.17) is 4.42 Å². The number of para-hydroxylation sites is 1. The summed E-state index contributed by atoms with van der Waals surface area (Å²) in [5, 5.41) is 45.3. The third-order valence-electron chi connectivity index (χ3n) is 8.56. The van der Waals surface area contributed by atoms with Gasteiger partial charge in [0.1, 0.15) is 11.3 Å². The van der Waals surface area contributed by atoms with E-state index in [0.717, 1.165) is 49.1 Å². The van der Waals surface area contributed by atoms with Crippen LogP contribution in [0.15, 0.2) is 40.8 Å². The Bertz CT molecular complexity index is 1200. The standard InChI is InChI=1S/C27H34BNO5/c1-26(2)12-7-13-27(3)20(26)11-10-16(15-29-17-8-5-4-6-9-17)24-21(27)18-14-19(30)23(31)22(28(32)33)25(18)34-24/h4-6,8-9,14,16,20,29-33H,7,10-13,15H2,1-3H3/t16?,20-,27-/m1/s1. The predicted molar refractivity (Wildman–Crippen MR) is 135 cm³/mol. The lowest BCUT2D eigenvalue weighted by atomic mass is 9.53. The lowest BCUT2D eigenvalue weighted by Gasteiger charge is -2.50. The average Bonchev–Trinajstić information content (AvgIpc) is 3.09. The summed E-state index contributed by atoms with van der Waals surface area (Å²) in [5.74, 6) is 0.393. The molecule has 0 saturated heterocycles. The Morgan fingerprint density at radius 2 is 1.79 bits per heavy atom. The molecule has 1 unspecified atom stereocenters. The molecule has 34 heavy (non-hydrogen) atoms. The molecule has 1 heterocycles. The Morgan fingerprint density at radius 3 is 2.50 bits per heavy atom. The first kappa shape index (κ1) is 23.1. The van der Waals surface area contributed by atoms with Gasteiger partial charge in [0.2, 0.25) is 0 Å². The van der Waals surface area contributed by atoms with Crippen molar-refractivity contribution in [3.63, 3.8) is 0 Å². The number of rotatable bonds is 4. The van der Waals surface area contributed by atoms with E-state index in [2.05, 4.69) is 26.1 Å². The summed E-state index contributed by atoms with van der Waals surface area (Å²) in [7, 11) is -1.96. The molecule has 3 atom stereocenters. The molecule has 5 rings (SSSR count). The number of anilines is 1. The summed E-state index contributed by atoms with van der Waals surface area (Å²) in [4.78, 5) is 0. The number of phenols is 2. The van der Waals surface area contributed by atoms with Gasteiger partial charge < -0.3 is 30.0 Å².